The topological polar surface area (TPSA) is 87.0 Å². The van der Waals surface area contributed by atoms with Crippen molar-refractivity contribution >= 4 is 17.5 Å². The molecule has 0 aromatic heterocycles. The summed E-state index contributed by atoms with van der Waals surface area (Å²) in [6.45, 7) is 11.9. The normalized spacial score (nSPS) is 20.9. The van der Waals surface area contributed by atoms with Crippen molar-refractivity contribution in [2.45, 2.75) is 58.5 Å². The highest BCUT2D eigenvalue weighted by Crippen LogP contribution is 2.25. The van der Waals surface area contributed by atoms with Crippen molar-refractivity contribution in [2.75, 3.05) is 32.7 Å². The lowest BCUT2D eigenvalue weighted by Gasteiger charge is -2.35. The minimum Gasteiger partial charge on any atom is -0.340 e. The highest BCUT2D eigenvalue weighted by Gasteiger charge is 2.38. The van der Waals surface area contributed by atoms with Crippen molar-refractivity contribution in [3.63, 3.8) is 0 Å². The monoisotopic (exact) mass is 416 g/mol. The Kier molecular flexibility index (Phi) is 6.45. The van der Waals surface area contributed by atoms with Crippen molar-refractivity contribution in [2.24, 2.45) is 0 Å². The molecule has 8 nitrogen and oxygen atoms in total. The quantitative estimate of drug-likeness (QED) is 0.559. The third-order valence-corrected chi connectivity index (χ3v) is 6.20. The maximum atomic E-state index is 13.3. The number of benzene rings is 1. The molecule has 1 aromatic rings. The van der Waals surface area contributed by atoms with Crippen molar-refractivity contribution in [1.29, 1.82) is 0 Å². The van der Waals surface area contributed by atoms with Gasteiger partial charge in [0.05, 0.1) is 4.92 Å². The van der Waals surface area contributed by atoms with Gasteiger partial charge in [0.25, 0.3) is 11.6 Å². The lowest BCUT2D eigenvalue weighted by molar-refractivity contribution is -0.385. The molecule has 0 bridgehead atoms. The van der Waals surface area contributed by atoms with Gasteiger partial charge in [-0.3, -0.25) is 24.6 Å². The molecule has 2 aliphatic rings. The van der Waals surface area contributed by atoms with Crippen LogP contribution in [0.5, 0.6) is 0 Å². The summed E-state index contributed by atoms with van der Waals surface area (Å²) in [5, 5.41) is 11.0. The Morgan fingerprint density at radius 2 is 1.80 bits per heavy atom. The number of rotatable bonds is 3. The van der Waals surface area contributed by atoms with Gasteiger partial charge in [0.1, 0.15) is 6.04 Å². The third-order valence-electron chi connectivity index (χ3n) is 6.20. The maximum Gasteiger partial charge on any atom is 0.272 e. The van der Waals surface area contributed by atoms with E-state index in [1.165, 1.54) is 12.1 Å². The van der Waals surface area contributed by atoms with Gasteiger partial charge in [-0.1, -0.05) is 0 Å². The fraction of sp³-hybridized carbons (Fsp3) is 0.636. The summed E-state index contributed by atoms with van der Waals surface area (Å²) in [7, 11) is 0. The second-order valence-electron chi connectivity index (χ2n) is 9.25. The van der Waals surface area contributed by atoms with Gasteiger partial charge >= 0.3 is 0 Å². The molecule has 3 rings (SSSR count). The van der Waals surface area contributed by atoms with E-state index >= 15 is 0 Å². The highest BCUT2D eigenvalue weighted by molar-refractivity contribution is 5.98. The van der Waals surface area contributed by atoms with Gasteiger partial charge in [0.2, 0.25) is 5.91 Å². The summed E-state index contributed by atoms with van der Waals surface area (Å²) in [5.41, 5.74) is 0.909. The molecule has 30 heavy (non-hydrogen) atoms. The average Bonchev–Trinajstić information content (AvgIpc) is 3.02. The summed E-state index contributed by atoms with van der Waals surface area (Å²) in [6.07, 6.45) is 2.37. The van der Waals surface area contributed by atoms with Crippen LogP contribution in [0.2, 0.25) is 0 Å². The Morgan fingerprint density at radius 3 is 2.43 bits per heavy atom. The predicted octanol–water partition coefficient (Wildman–Crippen LogP) is 2.84. The van der Waals surface area contributed by atoms with E-state index in [4.69, 9.17) is 0 Å². The fourth-order valence-corrected chi connectivity index (χ4v) is 4.45. The summed E-state index contributed by atoms with van der Waals surface area (Å²) < 4.78 is 0. The molecule has 2 amide bonds. The third kappa shape index (κ3) is 4.64. The fourth-order valence-electron chi connectivity index (χ4n) is 4.45. The van der Waals surface area contributed by atoms with Gasteiger partial charge in [-0.25, -0.2) is 0 Å². The number of likely N-dealkylation sites (tertiary alicyclic amines) is 1. The number of nitro groups is 1. The molecule has 2 heterocycles. The molecule has 0 saturated carbocycles. The van der Waals surface area contributed by atoms with Gasteiger partial charge in [-0.2, -0.15) is 0 Å². The van der Waals surface area contributed by atoms with E-state index in [1.807, 2.05) is 4.90 Å². The van der Waals surface area contributed by atoms with E-state index in [0.717, 1.165) is 25.9 Å². The highest BCUT2D eigenvalue weighted by atomic mass is 16.6. The van der Waals surface area contributed by atoms with Crippen molar-refractivity contribution in [1.82, 2.24) is 14.7 Å². The Morgan fingerprint density at radius 1 is 1.07 bits per heavy atom. The minimum atomic E-state index is -0.452. The molecule has 0 spiro atoms. The van der Waals surface area contributed by atoms with Gasteiger partial charge in [-0.15, -0.1) is 0 Å². The van der Waals surface area contributed by atoms with E-state index < -0.39 is 11.0 Å². The number of amides is 2. The molecule has 0 aliphatic carbocycles. The number of nitro benzene ring substituents is 1. The van der Waals surface area contributed by atoms with E-state index in [9.17, 15) is 19.7 Å². The predicted molar refractivity (Wildman–Crippen MR) is 114 cm³/mol. The lowest BCUT2D eigenvalue weighted by Crippen LogP contribution is -2.49. The number of carbonyl (C=O) groups excluding carboxylic acids is 2. The summed E-state index contributed by atoms with van der Waals surface area (Å²) in [6, 6.07) is 3.95. The van der Waals surface area contributed by atoms with Crippen LogP contribution in [0, 0.1) is 17.0 Å². The molecule has 2 aliphatic heterocycles. The maximum absolute atomic E-state index is 13.3. The largest absolute Gasteiger partial charge is 0.340 e. The standard InChI is InChI=1S/C22H32N4O4/c1-16-15-17(8-9-18(16)26(29)30)20(27)25-12-5-7-19(25)21(28)23-10-6-11-24(14-13-23)22(2,3)4/h8-9,15,19H,5-7,10-14H2,1-4H3. The van der Waals surface area contributed by atoms with Crippen molar-refractivity contribution in [3.05, 3.63) is 39.4 Å². The van der Waals surface area contributed by atoms with Crippen LogP contribution in [0.1, 0.15) is 56.0 Å². The SMILES string of the molecule is Cc1cc(C(=O)N2CCCC2C(=O)N2CCCN(C(C)(C)C)CC2)ccc1[N+](=O)[O-]. The van der Waals surface area contributed by atoms with Gasteiger partial charge < -0.3 is 9.80 Å². The Labute approximate surface area is 178 Å². The first-order chi connectivity index (χ1) is 14.1. The molecular formula is C22H32N4O4. The number of hydrogen-bond donors (Lipinski definition) is 0. The van der Waals surface area contributed by atoms with E-state index in [-0.39, 0.29) is 23.0 Å². The smallest absolute Gasteiger partial charge is 0.272 e. The number of aryl methyl sites for hydroxylation is 1. The van der Waals surface area contributed by atoms with Crippen LogP contribution < -0.4 is 0 Å². The summed E-state index contributed by atoms with van der Waals surface area (Å²) in [5.74, 6) is -0.203. The molecule has 164 valence electrons. The average molecular weight is 417 g/mol. The molecule has 1 unspecified atom stereocenters. The van der Waals surface area contributed by atoms with Crippen molar-refractivity contribution in [3.8, 4) is 0 Å². The zero-order valence-electron chi connectivity index (χ0n) is 18.4. The molecular weight excluding hydrogens is 384 g/mol. The molecule has 2 saturated heterocycles. The zero-order valence-corrected chi connectivity index (χ0v) is 18.4. The molecule has 0 N–H and O–H groups in total. The van der Waals surface area contributed by atoms with Gasteiger partial charge in [0.15, 0.2) is 0 Å². The van der Waals surface area contributed by atoms with Gasteiger partial charge in [0, 0.05) is 55.5 Å². The van der Waals surface area contributed by atoms with Crippen LogP contribution >= 0.6 is 0 Å². The van der Waals surface area contributed by atoms with Gasteiger partial charge in [-0.05, 0) is 59.1 Å². The molecule has 0 radical (unpaired) electrons. The Hall–Kier alpha value is -2.48. The van der Waals surface area contributed by atoms with Crippen molar-refractivity contribution < 1.29 is 14.5 Å². The first-order valence-corrected chi connectivity index (χ1v) is 10.7. The molecule has 8 heteroatoms. The number of carbonyl (C=O) groups is 2. The van der Waals surface area contributed by atoms with Crippen LogP contribution in [-0.4, -0.2) is 75.7 Å². The van der Waals surface area contributed by atoms with Crippen LogP contribution in [0.15, 0.2) is 18.2 Å². The Bertz CT molecular complexity index is 833. The second-order valence-corrected chi connectivity index (χ2v) is 9.25. The van der Waals surface area contributed by atoms with E-state index in [1.54, 1.807) is 17.9 Å². The first-order valence-electron chi connectivity index (χ1n) is 10.7. The Balaban J connectivity index is 1.72. The van der Waals surface area contributed by atoms with Crippen LogP contribution in [-0.2, 0) is 4.79 Å². The van der Waals surface area contributed by atoms with E-state index in [2.05, 4.69) is 25.7 Å². The van der Waals surface area contributed by atoms with Crippen LogP contribution in [0.3, 0.4) is 0 Å². The summed E-state index contributed by atoms with van der Waals surface area (Å²) in [4.78, 5) is 42.9. The molecule has 2 fully saturated rings. The summed E-state index contributed by atoms with van der Waals surface area (Å²) >= 11 is 0. The van der Waals surface area contributed by atoms with E-state index in [0.29, 0.717) is 37.2 Å². The number of nitrogens with zero attached hydrogens (tertiary/aromatic N) is 4. The first kappa shape index (κ1) is 22.2. The lowest BCUT2D eigenvalue weighted by atomic mass is 10.1. The van der Waals surface area contributed by atoms with Crippen LogP contribution in [0.25, 0.3) is 0 Å². The molecule has 1 atom stereocenters. The minimum absolute atomic E-state index is 0.00596. The number of hydrogen-bond acceptors (Lipinski definition) is 5. The second kappa shape index (κ2) is 8.71. The molecule has 1 aromatic carbocycles. The zero-order chi connectivity index (χ0) is 22.1. The van der Waals surface area contributed by atoms with Crippen LogP contribution in [0.4, 0.5) is 5.69 Å².